The van der Waals surface area contributed by atoms with Crippen LogP contribution in [0.1, 0.15) is 114 Å². The lowest BCUT2D eigenvalue weighted by Crippen LogP contribution is -2.65. The Morgan fingerprint density at radius 2 is 0.900 bits per heavy atom. The summed E-state index contributed by atoms with van der Waals surface area (Å²) in [5.41, 5.74) is -2.62. The number of fused-ring (bicyclic) bond motifs is 5. The summed E-state index contributed by atoms with van der Waals surface area (Å²) in [7, 11) is 0. The zero-order valence-electron chi connectivity index (χ0n) is 58.1. The lowest BCUT2D eigenvalue weighted by Gasteiger charge is -2.67. The Labute approximate surface area is 580 Å². The highest BCUT2D eigenvalue weighted by molar-refractivity contribution is 5.32. The maximum Gasteiger partial charge on any atom is 0.187 e. The van der Waals surface area contributed by atoms with Gasteiger partial charge in [0.15, 0.2) is 37.7 Å². The van der Waals surface area contributed by atoms with Crippen molar-refractivity contribution in [1.82, 2.24) is 0 Å². The van der Waals surface area contributed by atoms with Crippen LogP contribution in [0.3, 0.4) is 0 Å². The van der Waals surface area contributed by atoms with Gasteiger partial charge < -0.3 is 164 Å². The Balaban J connectivity index is 0.815. The molecule has 0 aromatic rings. The molecule has 0 spiro atoms. The first-order valence-electron chi connectivity index (χ1n) is 35.4. The molecule has 40 atom stereocenters. The molecule has 4 unspecified atom stereocenters. The van der Waals surface area contributed by atoms with E-state index in [9.17, 15) is 107 Å². The molecule has 3 saturated carbocycles. The van der Waals surface area contributed by atoms with Gasteiger partial charge in [0.25, 0.3) is 0 Å². The highest BCUT2D eigenvalue weighted by Gasteiger charge is 2.71. The SMILES string of the molecule is C[C@@H]1[C@@H](O)[C@H](OC[C@H]2O[C@@H](O[C@H](CC[C@@H](C)C3CC[C@@]4(C)C5CC=C6C(CC[C@H](O[C@@H]7O[C@H](CO[C@@H]8O[C@H](CO)[C@@H](O)[C@H](O)[C@H]8O)[C@@H](O)[C@H](O)[C@H]7O)C6(C)C)[C@]5(C)[C@H](O)C[C@]34C)C(C)(C)O)[C@H](O[C@H]3O[C@@H](CO)[C@H](O)[C@@H](O)[C@@H]3O)[C@@H](O)[C@@H]2O)O[C@H](COC2O[C@H](CO)[C@@H](O)[C@H](O)[C@H]2O)[C@H]1O. The fourth-order valence-electron chi connectivity index (χ4n) is 18.6. The summed E-state index contributed by atoms with van der Waals surface area (Å²) in [6.45, 7) is 13.5. The van der Waals surface area contributed by atoms with Crippen LogP contribution in [0.4, 0.5) is 0 Å². The van der Waals surface area contributed by atoms with Gasteiger partial charge in [-0.15, -0.1) is 0 Å². The monoisotopic (exact) mass is 1450 g/mol. The largest absolute Gasteiger partial charge is 0.394 e. The smallest absolute Gasteiger partial charge is 0.187 e. The number of aliphatic hydroxyl groups excluding tert-OH is 20. The second-order valence-electron chi connectivity index (χ2n) is 31.9. The second-order valence-corrected chi connectivity index (χ2v) is 31.9. The molecule has 10 aliphatic rings. The second kappa shape index (κ2) is 31.6. The van der Waals surface area contributed by atoms with Gasteiger partial charge in [0.2, 0.25) is 0 Å². The maximum absolute atomic E-state index is 12.9. The van der Waals surface area contributed by atoms with E-state index in [-0.39, 0.29) is 35.5 Å². The highest BCUT2D eigenvalue weighted by atomic mass is 16.8. The summed E-state index contributed by atoms with van der Waals surface area (Å²) < 4.78 is 71.6. The predicted octanol–water partition coefficient (Wildman–Crippen LogP) is -6.31. The Morgan fingerprint density at radius 1 is 0.480 bits per heavy atom. The molecule has 6 saturated heterocycles. The molecule has 0 bridgehead atoms. The third-order valence-electron chi connectivity index (χ3n) is 25.3. The molecular weight excluding hydrogens is 1330 g/mol. The first-order valence-corrected chi connectivity index (χ1v) is 35.4. The first-order chi connectivity index (χ1) is 46.8. The van der Waals surface area contributed by atoms with E-state index < -0.39 is 264 Å². The molecule has 0 amide bonds. The van der Waals surface area contributed by atoms with Crippen molar-refractivity contribution in [3.05, 3.63) is 11.6 Å². The summed E-state index contributed by atoms with van der Waals surface area (Å²) in [6.07, 6.45) is -43.7. The predicted molar refractivity (Wildman–Crippen MR) is 336 cm³/mol. The summed E-state index contributed by atoms with van der Waals surface area (Å²) in [4.78, 5) is 0. The van der Waals surface area contributed by atoms with Gasteiger partial charge in [0.05, 0.1) is 69.7 Å². The summed E-state index contributed by atoms with van der Waals surface area (Å²) in [5.74, 6) is -1.08. The van der Waals surface area contributed by atoms with Crippen molar-refractivity contribution in [2.45, 2.75) is 316 Å². The van der Waals surface area contributed by atoms with Crippen LogP contribution in [0.2, 0.25) is 0 Å². The van der Waals surface area contributed by atoms with Gasteiger partial charge >= 0.3 is 0 Å². The van der Waals surface area contributed by atoms with Crippen molar-refractivity contribution in [3.8, 4) is 0 Å². The number of ether oxygens (including phenoxy) is 12. The van der Waals surface area contributed by atoms with Crippen LogP contribution in [-0.4, -0.2) is 349 Å². The van der Waals surface area contributed by atoms with Crippen LogP contribution in [-0.2, 0) is 56.8 Å². The van der Waals surface area contributed by atoms with Crippen LogP contribution < -0.4 is 0 Å². The third-order valence-corrected chi connectivity index (χ3v) is 25.3. The molecule has 6 aliphatic heterocycles. The van der Waals surface area contributed by atoms with Crippen LogP contribution in [0.25, 0.3) is 0 Å². The minimum Gasteiger partial charge on any atom is -0.394 e. The Kier molecular flexibility index (Phi) is 25.5. The molecule has 33 heteroatoms. The van der Waals surface area contributed by atoms with E-state index in [4.69, 9.17) is 56.8 Å². The average molecular weight is 1450 g/mol. The van der Waals surface area contributed by atoms with Crippen molar-refractivity contribution in [3.63, 3.8) is 0 Å². The lowest BCUT2D eigenvalue weighted by molar-refractivity contribution is -0.380. The van der Waals surface area contributed by atoms with E-state index in [1.54, 1.807) is 0 Å². The minimum atomic E-state index is -1.99. The summed E-state index contributed by atoms with van der Waals surface area (Å²) in [6, 6.07) is 0. The molecule has 9 fully saturated rings. The van der Waals surface area contributed by atoms with Gasteiger partial charge in [0.1, 0.15) is 134 Å². The average Bonchev–Trinajstić information content (AvgIpc) is 1.32. The molecule has 0 radical (unpaired) electrons. The Bertz CT molecular complexity index is 2670. The van der Waals surface area contributed by atoms with Gasteiger partial charge in [0, 0.05) is 16.7 Å². The van der Waals surface area contributed by atoms with Crippen molar-refractivity contribution in [2.75, 3.05) is 39.6 Å². The number of hydrogen-bond donors (Lipinski definition) is 21. The van der Waals surface area contributed by atoms with Crippen molar-refractivity contribution >= 4 is 0 Å². The molecule has 33 nitrogen and oxygen atoms in total. The van der Waals surface area contributed by atoms with E-state index in [0.717, 1.165) is 18.4 Å². The van der Waals surface area contributed by atoms with Gasteiger partial charge in [-0.25, -0.2) is 0 Å². The van der Waals surface area contributed by atoms with Crippen molar-refractivity contribution in [2.24, 2.45) is 51.2 Å². The van der Waals surface area contributed by atoms with Gasteiger partial charge in [-0.1, -0.05) is 60.1 Å². The lowest BCUT2D eigenvalue weighted by atomic mass is 9.38. The Morgan fingerprint density at radius 3 is 1.40 bits per heavy atom. The van der Waals surface area contributed by atoms with Gasteiger partial charge in [-0.3, -0.25) is 0 Å². The van der Waals surface area contributed by atoms with Crippen molar-refractivity contribution < 1.29 is 164 Å². The molecule has 10 rings (SSSR count). The zero-order chi connectivity index (χ0) is 73.5. The normalized spacial score (nSPS) is 52.1. The summed E-state index contributed by atoms with van der Waals surface area (Å²) in [5, 5.41) is 229. The van der Waals surface area contributed by atoms with Gasteiger partial charge in [-0.05, 0) is 99.7 Å². The molecule has 4 aliphatic carbocycles. The standard InChI is InChI=1S/C67H114O33/c1-25(27-16-17-65(7)36-13-11-28-29(67(36,9)37(71)18-66(27,65)8)12-15-38(63(28,3)4)98-60-54(86)50(82)45(77)34(96-60)23-91-59-53(85)48(80)43(75)31(20-69)93-59)10-14-39(64(5,6)88)99-62-56(100-61-55(87)49(81)44(76)32(21-70)94-61)51(83)46(78)35(97-62)24-89-57-41(73)26(2)40(72)33(95-57)22-90-58-52(84)47(79)42(74)30(19-68)92-58/h11,25-27,29-62,68-88H,10,12-24H2,1-9H3/t25-,26+,27?,29?,30-,31-,32+,33-,34-,35-,36?,37-,38+,39-,40+,41-,42-,43-,44+,45-,46-,47+,48+,49-,50+,51+,52-,53-,54-,55+,56-,57-,58?,59-,60+,61-,62+,65+,66-,67+/m1/s1. The van der Waals surface area contributed by atoms with E-state index in [0.29, 0.717) is 32.1 Å². The van der Waals surface area contributed by atoms with E-state index in [1.165, 1.54) is 20.8 Å². The van der Waals surface area contributed by atoms with Crippen LogP contribution in [0, 0.1) is 51.2 Å². The molecule has 6 heterocycles. The fraction of sp³-hybridized carbons (Fsp3) is 0.970. The zero-order valence-corrected chi connectivity index (χ0v) is 58.1. The fourth-order valence-corrected chi connectivity index (χ4v) is 18.6. The molecule has 0 aromatic heterocycles. The minimum absolute atomic E-state index is 0.0104. The molecular formula is C67H114O33. The van der Waals surface area contributed by atoms with E-state index in [1.807, 2.05) is 13.8 Å². The topological polar surface area (TPSA) is 536 Å². The van der Waals surface area contributed by atoms with Gasteiger partial charge in [-0.2, -0.15) is 0 Å². The number of hydrogen-bond acceptors (Lipinski definition) is 33. The first kappa shape index (κ1) is 80.9. The number of allylic oxidation sites excluding steroid dienone is 1. The molecule has 100 heavy (non-hydrogen) atoms. The van der Waals surface area contributed by atoms with E-state index in [2.05, 4.69) is 33.8 Å². The Hall–Kier alpha value is -1.58. The van der Waals surface area contributed by atoms with Crippen LogP contribution >= 0.6 is 0 Å². The highest BCUT2D eigenvalue weighted by Crippen LogP contribution is 2.75. The molecule has 580 valence electrons. The van der Waals surface area contributed by atoms with Crippen LogP contribution in [0.5, 0.6) is 0 Å². The maximum atomic E-state index is 12.9. The van der Waals surface area contributed by atoms with Crippen LogP contribution in [0.15, 0.2) is 11.6 Å². The number of rotatable bonds is 23. The summed E-state index contributed by atoms with van der Waals surface area (Å²) >= 11 is 0. The molecule has 21 N–H and O–H groups in total. The number of aliphatic hydroxyl groups is 21. The van der Waals surface area contributed by atoms with Crippen molar-refractivity contribution in [1.29, 1.82) is 0 Å². The quantitative estimate of drug-likeness (QED) is 0.0423. The van der Waals surface area contributed by atoms with E-state index >= 15 is 0 Å². The third kappa shape index (κ3) is 14.9. The molecule has 0 aromatic carbocycles.